The van der Waals surface area contributed by atoms with E-state index in [0.717, 1.165) is 31.4 Å². The highest BCUT2D eigenvalue weighted by molar-refractivity contribution is 5.88. The fourth-order valence-corrected chi connectivity index (χ4v) is 11.4. The van der Waals surface area contributed by atoms with Crippen molar-refractivity contribution in [3.63, 3.8) is 0 Å². The van der Waals surface area contributed by atoms with Gasteiger partial charge in [-0.1, -0.05) is 103 Å². The largest absolute Gasteiger partial charge is 0.493 e. The Morgan fingerprint density at radius 2 is 1.47 bits per heavy atom. The van der Waals surface area contributed by atoms with Gasteiger partial charge in [0, 0.05) is 50.2 Å². The van der Waals surface area contributed by atoms with E-state index in [1.54, 1.807) is 48.7 Å². The molecule has 0 amide bonds. The lowest BCUT2D eigenvalue weighted by molar-refractivity contribution is -0.318. The number of carbonyl (C=O) groups is 2. The zero-order valence-corrected chi connectivity index (χ0v) is 47.5. The van der Waals surface area contributed by atoms with E-state index in [1.807, 2.05) is 70.1 Å². The average Bonchev–Trinajstić information content (AvgIpc) is 3.35. The predicted molar refractivity (Wildman–Crippen MR) is 282 cm³/mol. The third-order valence-corrected chi connectivity index (χ3v) is 15.9. The first-order valence-corrected chi connectivity index (χ1v) is 27.8. The summed E-state index contributed by atoms with van der Waals surface area (Å²) in [7, 11) is 5.30. The maximum atomic E-state index is 14.7. The van der Waals surface area contributed by atoms with Crippen molar-refractivity contribution in [1.29, 1.82) is 0 Å². The number of hydrogen-bond donors (Lipinski definition) is 4. The van der Waals surface area contributed by atoms with Crippen LogP contribution in [0.2, 0.25) is 0 Å². The summed E-state index contributed by atoms with van der Waals surface area (Å²) in [6.07, 6.45) is 0.0707. The van der Waals surface area contributed by atoms with Crippen molar-refractivity contribution >= 4 is 17.7 Å². The highest BCUT2D eigenvalue weighted by Crippen LogP contribution is 2.42. The molecule has 0 radical (unpaired) electrons. The van der Waals surface area contributed by atoms with Crippen molar-refractivity contribution in [1.82, 2.24) is 4.90 Å². The Balaban J connectivity index is 1.71. The summed E-state index contributed by atoms with van der Waals surface area (Å²) in [5, 5.41) is 53.8. The van der Waals surface area contributed by atoms with E-state index in [-0.39, 0.29) is 50.4 Å². The Bertz CT molecular complexity index is 1840. The molecular weight excluding hydrogens is 953 g/mol. The second kappa shape index (κ2) is 29.7. The standard InChI is InChI=1S/C57H98N2O15/c1-15-17-18-19-20-21-22-26-30-45(60)72-52-41(8)70-46(35-56(52,10)66-14)73-49-39(6)51(74-54-48(61)43(59(12)13)33-37(4)69-54)55(9,64)34-36(3)47(58-68-32-27-31-67-42-28-24-23-25-29-42)38(5)50(62)57(11,65)44(16-2)71-53(63)40(49)7/h23-25,28-29,36-41,43-44,46,48-52,54,61-62,64-65H,15-22,26-27,30-35H2,1-14H3/b58-47+/t36-,37-,38+,39+,40-,41+,43+,44-,46?,48-,49+,50-,51-,52+,54+,55?,56-,57-/m1/s1. The lowest BCUT2D eigenvalue weighted by Gasteiger charge is -2.49. The van der Waals surface area contributed by atoms with Gasteiger partial charge in [0.25, 0.3) is 0 Å². The van der Waals surface area contributed by atoms with Gasteiger partial charge in [0.2, 0.25) is 0 Å². The number of esters is 2. The van der Waals surface area contributed by atoms with Gasteiger partial charge in [-0.05, 0) is 93.5 Å². The first kappa shape index (κ1) is 63.6. The second-order valence-corrected chi connectivity index (χ2v) is 22.6. The summed E-state index contributed by atoms with van der Waals surface area (Å²) in [6, 6.07) is 9.07. The van der Waals surface area contributed by atoms with Crippen LogP contribution in [-0.2, 0) is 47.6 Å². The number of ether oxygens (including phenoxy) is 8. The molecule has 3 aliphatic rings. The topological polar surface area (TPSA) is 214 Å². The van der Waals surface area contributed by atoms with Gasteiger partial charge < -0.3 is 68.1 Å². The third-order valence-electron chi connectivity index (χ3n) is 15.9. The molecule has 4 rings (SSSR count). The molecule has 0 spiro atoms. The summed E-state index contributed by atoms with van der Waals surface area (Å²) in [5.74, 6) is -3.79. The molecule has 3 heterocycles. The highest BCUT2D eigenvalue weighted by atomic mass is 16.7. The number of unbranched alkanes of at least 4 members (excludes halogenated alkanes) is 7. The Hall–Kier alpha value is -2.97. The monoisotopic (exact) mass is 1050 g/mol. The number of methoxy groups -OCH3 is 1. The van der Waals surface area contributed by atoms with Gasteiger partial charge in [-0.25, -0.2) is 0 Å². The van der Waals surface area contributed by atoms with Crippen molar-refractivity contribution in [2.45, 2.75) is 250 Å². The number of aliphatic hydroxyl groups is 4. The van der Waals surface area contributed by atoms with E-state index >= 15 is 0 Å². The van der Waals surface area contributed by atoms with Crippen LogP contribution in [0.25, 0.3) is 0 Å². The highest BCUT2D eigenvalue weighted by Gasteiger charge is 2.54. The Morgan fingerprint density at radius 1 is 0.824 bits per heavy atom. The number of para-hydroxylation sites is 1. The summed E-state index contributed by atoms with van der Waals surface area (Å²) < 4.78 is 51.0. The lowest BCUT2D eigenvalue weighted by atomic mass is 9.73. The van der Waals surface area contributed by atoms with Crippen molar-refractivity contribution in [2.24, 2.45) is 28.8 Å². The lowest BCUT2D eigenvalue weighted by Crippen LogP contribution is -2.61. The van der Waals surface area contributed by atoms with Gasteiger partial charge in [0.05, 0.1) is 54.4 Å². The molecule has 3 aliphatic heterocycles. The van der Waals surface area contributed by atoms with Crippen LogP contribution in [0.5, 0.6) is 5.75 Å². The normalized spacial score (nSPS) is 38.3. The van der Waals surface area contributed by atoms with E-state index in [4.69, 9.17) is 42.7 Å². The molecule has 1 aromatic rings. The van der Waals surface area contributed by atoms with Crippen molar-refractivity contribution in [3.05, 3.63) is 30.3 Å². The van der Waals surface area contributed by atoms with Gasteiger partial charge >= 0.3 is 11.9 Å². The smallest absolute Gasteiger partial charge is 0.311 e. The fourth-order valence-electron chi connectivity index (χ4n) is 11.4. The zero-order valence-electron chi connectivity index (χ0n) is 47.5. The fraction of sp³-hybridized carbons (Fsp3) is 0.842. The maximum absolute atomic E-state index is 14.7. The minimum absolute atomic E-state index is 0.0243. The molecule has 17 heteroatoms. The van der Waals surface area contributed by atoms with Gasteiger partial charge in [-0.3, -0.25) is 9.59 Å². The number of hydrogen-bond acceptors (Lipinski definition) is 17. The summed E-state index contributed by atoms with van der Waals surface area (Å²) >= 11 is 0. The maximum Gasteiger partial charge on any atom is 0.311 e. The van der Waals surface area contributed by atoms with Crippen molar-refractivity contribution < 1.29 is 72.7 Å². The van der Waals surface area contributed by atoms with Crippen LogP contribution in [0, 0.1) is 23.7 Å². The van der Waals surface area contributed by atoms with Crippen LogP contribution in [-0.4, -0.2) is 162 Å². The number of cyclic esters (lactones) is 1. The number of rotatable bonds is 23. The number of carbonyl (C=O) groups excluding carboxylic acids is 2. The van der Waals surface area contributed by atoms with Crippen LogP contribution in [0.4, 0.5) is 0 Å². The second-order valence-electron chi connectivity index (χ2n) is 22.6. The van der Waals surface area contributed by atoms with Crippen LogP contribution in [0.1, 0.15) is 166 Å². The molecule has 18 atom stereocenters. The predicted octanol–water partition coefficient (Wildman–Crippen LogP) is 8.14. The Labute approximate surface area is 443 Å². The SMILES string of the molecule is CCCCCCCCCCC(=O)O[C@H]1[C@H](C)OC(O[C@H]2[C@H](C)[C@@H](O[C@@H]3O[C@H](C)C[C@H](N(C)C)[C@H]3O)C(C)(O)C[C@@H](C)/C(=N\OCCCOc3ccccc3)[C@H](C)[C@@H](O)[C@](C)(O)[C@@H](CC)OC(=O)[C@@H]2C)C[C@@]1(C)OC. The van der Waals surface area contributed by atoms with Crippen LogP contribution in [0.3, 0.4) is 0 Å². The molecule has 3 fully saturated rings. The molecule has 1 aromatic carbocycles. The number of aliphatic hydroxyl groups excluding tert-OH is 2. The summed E-state index contributed by atoms with van der Waals surface area (Å²) in [5.41, 5.74) is -4.50. The Morgan fingerprint density at radius 3 is 2.09 bits per heavy atom. The van der Waals surface area contributed by atoms with Crippen LogP contribution < -0.4 is 4.74 Å². The van der Waals surface area contributed by atoms with E-state index < -0.39 is 102 Å². The minimum Gasteiger partial charge on any atom is -0.493 e. The van der Waals surface area contributed by atoms with E-state index in [9.17, 15) is 30.0 Å². The van der Waals surface area contributed by atoms with Crippen molar-refractivity contribution in [3.8, 4) is 5.75 Å². The summed E-state index contributed by atoms with van der Waals surface area (Å²) in [6.45, 7) is 20.1. The Kier molecular flexibility index (Phi) is 25.5. The van der Waals surface area contributed by atoms with Gasteiger partial charge in [0.15, 0.2) is 18.7 Å². The van der Waals surface area contributed by atoms with Gasteiger partial charge in [0.1, 0.15) is 35.8 Å². The first-order valence-electron chi connectivity index (χ1n) is 27.8. The molecule has 0 aliphatic carbocycles. The quantitative estimate of drug-likeness (QED) is 0.0463. The van der Waals surface area contributed by atoms with E-state index in [1.165, 1.54) is 32.6 Å². The van der Waals surface area contributed by atoms with E-state index in [0.29, 0.717) is 25.2 Å². The molecule has 0 bridgehead atoms. The number of oxime groups is 1. The first-order chi connectivity index (χ1) is 34.9. The van der Waals surface area contributed by atoms with Crippen LogP contribution >= 0.6 is 0 Å². The number of benzene rings is 1. The molecule has 74 heavy (non-hydrogen) atoms. The third kappa shape index (κ3) is 17.5. The van der Waals surface area contributed by atoms with Gasteiger partial charge in [-0.2, -0.15) is 0 Å². The molecule has 426 valence electrons. The molecule has 3 saturated heterocycles. The molecule has 4 N–H and O–H groups in total. The van der Waals surface area contributed by atoms with E-state index in [2.05, 4.69) is 12.1 Å². The van der Waals surface area contributed by atoms with Gasteiger partial charge in [-0.15, -0.1) is 0 Å². The molecule has 0 aromatic heterocycles. The molecule has 0 saturated carbocycles. The average molecular weight is 1050 g/mol. The molecule has 2 unspecified atom stereocenters. The van der Waals surface area contributed by atoms with Crippen LogP contribution in [0.15, 0.2) is 35.5 Å². The number of likely N-dealkylation sites (N-methyl/N-ethyl adjacent to an activating group) is 1. The number of nitrogens with zero attached hydrogens (tertiary/aromatic N) is 2. The molecular formula is C57H98N2O15. The zero-order chi connectivity index (χ0) is 55.0. The summed E-state index contributed by atoms with van der Waals surface area (Å²) in [4.78, 5) is 35.8. The van der Waals surface area contributed by atoms with Crippen molar-refractivity contribution in [2.75, 3.05) is 34.4 Å². The minimum atomic E-state index is -1.98. The molecule has 17 nitrogen and oxygen atoms in total.